The molecule has 80 valence electrons. The van der Waals surface area contributed by atoms with Gasteiger partial charge in [0.15, 0.2) is 0 Å². The fourth-order valence-electron chi connectivity index (χ4n) is 0.696. The van der Waals surface area contributed by atoms with Crippen LogP contribution in [-0.2, 0) is 10.2 Å². The minimum absolute atomic E-state index is 0.226. The second-order valence-electron chi connectivity index (χ2n) is 2.96. The summed E-state index contributed by atoms with van der Waals surface area (Å²) in [6, 6.07) is -1.08. The van der Waals surface area contributed by atoms with E-state index in [4.69, 9.17) is 10.2 Å². The predicted octanol–water partition coefficient (Wildman–Crippen LogP) is -1.83. The fraction of sp³-hybridized carbons (Fsp3) is 1.00. The van der Waals surface area contributed by atoms with Crippen molar-refractivity contribution in [2.24, 2.45) is 0 Å². The first-order chi connectivity index (χ1) is 5.91. The summed E-state index contributed by atoms with van der Waals surface area (Å²) in [5.41, 5.74) is 0. The van der Waals surface area contributed by atoms with Crippen LogP contribution in [0.2, 0.25) is 0 Å². The minimum Gasteiger partial charge on any atom is -0.395 e. The third-order valence-corrected chi connectivity index (χ3v) is 2.58. The Balaban J connectivity index is 4.16. The van der Waals surface area contributed by atoms with Gasteiger partial charge in [0.05, 0.1) is 19.3 Å². The molecule has 6 nitrogen and oxygen atoms in total. The Morgan fingerprint density at radius 2 is 1.62 bits per heavy atom. The van der Waals surface area contributed by atoms with Gasteiger partial charge in [-0.2, -0.15) is 17.9 Å². The fourth-order valence-corrected chi connectivity index (χ4v) is 1.97. The Kier molecular flexibility index (Phi) is 5.42. The zero-order chi connectivity index (χ0) is 10.5. The number of hydrogen-bond donors (Lipinski definition) is 4. The molecule has 0 aromatic heterocycles. The lowest BCUT2D eigenvalue weighted by atomic mass is 10.4. The molecule has 4 N–H and O–H groups in total. The predicted molar refractivity (Wildman–Crippen MR) is 48.3 cm³/mol. The van der Waals surface area contributed by atoms with Crippen molar-refractivity contribution in [1.82, 2.24) is 9.44 Å². The molecule has 0 atom stereocenters. The van der Waals surface area contributed by atoms with Crippen LogP contribution in [0.25, 0.3) is 0 Å². The van der Waals surface area contributed by atoms with E-state index >= 15 is 0 Å². The molecule has 7 heteroatoms. The SMILES string of the molecule is CC(C)NS(=O)(=O)NC(CO)CO. The van der Waals surface area contributed by atoms with Crippen molar-refractivity contribution in [3.05, 3.63) is 0 Å². The maximum atomic E-state index is 11.1. The van der Waals surface area contributed by atoms with Crippen molar-refractivity contribution in [3.8, 4) is 0 Å². The molecular formula is C6H16N2O4S. The second-order valence-corrected chi connectivity index (χ2v) is 4.43. The highest BCUT2D eigenvalue weighted by molar-refractivity contribution is 7.87. The maximum Gasteiger partial charge on any atom is 0.277 e. The molecule has 0 aromatic rings. The molecular weight excluding hydrogens is 196 g/mol. The normalized spacial score (nSPS) is 12.8. The Labute approximate surface area is 78.1 Å². The van der Waals surface area contributed by atoms with E-state index in [1.54, 1.807) is 13.8 Å². The standard InChI is InChI=1S/C6H16N2O4S/c1-5(2)7-13(11,12)8-6(3-9)4-10/h5-10H,3-4H2,1-2H3. The van der Waals surface area contributed by atoms with Gasteiger partial charge in [-0.3, -0.25) is 0 Å². The Morgan fingerprint density at radius 3 is 1.92 bits per heavy atom. The summed E-state index contributed by atoms with van der Waals surface area (Å²) in [5, 5.41) is 17.2. The van der Waals surface area contributed by atoms with Crippen molar-refractivity contribution in [2.45, 2.75) is 25.9 Å². The van der Waals surface area contributed by atoms with E-state index in [1.807, 2.05) is 0 Å². The summed E-state index contributed by atoms with van der Waals surface area (Å²) >= 11 is 0. The van der Waals surface area contributed by atoms with E-state index < -0.39 is 29.5 Å². The summed E-state index contributed by atoms with van der Waals surface area (Å²) in [6.07, 6.45) is 0. The van der Waals surface area contributed by atoms with Crippen LogP contribution in [0.3, 0.4) is 0 Å². The average molecular weight is 212 g/mol. The highest BCUT2D eigenvalue weighted by Crippen LogP contribution is 1.87. The summed E-state index contributed by atoms with van der Waals surface area (Å²) in [6.45, 7) is 2.48. The van der Waals surface area contributed by atoms with Gasteiger partial charge in [-0.05, 0) is 13.8 Å². The van der Waals surface area contributed by atoms with Crippen LogP contribution in [-0.4, -0.2) is 43.9 Å². The molecule has 0 rings (SSSR count). The molecule has 0 aliphatic heterocycles. The van der Waals surface area contributed by atoms with Crippen LogP contribution in [0.5, 0.6) is 0 Å². The van der Waals surface area contributed by atoms with E-state index in [2.05, 4.69) is 9.44 Å². The number of rotatable bonds is 6. The third-order valence-electron chi connectivity index (χ3n) is 1.15. The van der Waals surface area contributed by atoms with Crippen LogP contribution < -0.4 is 9.44 Å². The van der Waals surface area contributed by atoms with Crippen molar-refractivity contribution in [2.75, 3.05) is 13.2 Å². The van der Waals surface area contributed by atoms with Crippen LogP contribution in [0, 0.1) is 0 Å². The lowest BCUT2D eigenvalue weighted by Gasteiger charge is -2.15. The van der Waals surface area contributed by atoms with Crippen LogP contribution >= 0.6 is 0 Å². The largest absolute Gasteiger partial charge is 0.395 e. The molecule has 13 heavy (non-hydrogen) atoms. The number of nitrogens with one attached hydrogen (secondary N) is 2. The summed E-state index contributed by atoms with van der Waals surface area (Å²) in [7, 11) is -3.62. The number of hydrogen-bond acceptors (Lipinski definition) is 4. The zero-order valence-corrected chi connectivity index (χ0v) is 8.50. The average Bonchev–Trinajstić information content (AvgIpc) is 1.97. The minimum atomic E-state index is -3.62. The monoisotopic (exact) mass is 212 g/mol. The lowest BCUT2D eigenvalue weighted by molar-refractivity contribution is 0.184. The van der Waals surface area contributed by atoms with Gasteiger partial charge in [-0.1, -0.05) is 0 Å². The van der Waals surface area contributed by atoms with Gasteiger partial charge >= 0.3 is 0 Å². The smallest absolute Gasteiger partial charge is 0.277 e. The highest BCUT2D eigenvalue weighted by atomic mass is 32.2. The van der Waals surface area contributed by atoms with E-state index in [9.17, 15) is 8.42 Å². The Hall–Kier alpha value is -0.210. The second kappa shape index (κ2) is 5.51. The van der Waals surface area contributed by atoms with Crippen molar-refractivity contribution < 1.29 is 18.6 Å². The first-order valence-corrected chi connectivity index (χ1v) is 5.41. The summed E-state index contributed by atoms with van der Waals surface area (Å²) in [5.74, 6) is 0. The molecule has 0 aromatic carbocycles. The van der Waals surface area contributed by atoms with Crippen LogP contribution in [0.15, 0.2) is 0 Å². The highest BCUT2D eigenvalue weighted by Gasteiger charge is 2.16. The Morgan fingerprint density at radius 1 is 1.15 bits per heavy atom. The van der Waals surface area contributed by atoms with Gasteiger partial charge in [0.1, 0.15) is 0 Å². The molecule has 0 bridgehead atoms. The topological polar surface area (TPSA) is 98.7 Å². The molecule has 0 spiro atoms. The number of aliphatic hydroxyl groups is 2. The van der Waals surface area contributed by atoms with Crippen molar-refractivity contribution >= 4 is 10.2 Å². The number of aliphatic hydroxyl groups excluding tert-OH is 2. The van der Waals surface area contributed by atoms with Crippen molar-refractivity contribution in [3.63, 3.8) is 0 Å². The van der Waals surface area contributed by atoms with E-state index in [1.165, 1.54) is 0 Å². The molecule has 0 saturated heterocycles. The van der Waals surface area contributed by atoms with E-state index in [-0.39, 0.29) is 6.04 Å². The molecule has 0 saturated carbocycles. The molecule has 0 radical (unpaired) electrons. The van der Waals surface area contributed by atoms with E-state index in [0.717, 1.165) is 0 Å². The first-order valence-electron chi connectivity index (χ1n) is 3.92. The zero-order valence-electron chi connectivity index (χ0n) is 7.69. The maximum absolute atomic E-state index is 11.1. The Bertz CT molecular complexity index is 223. The molecule has 0 aliphatic rings. The van der Waals surface area contributed by atoms with Gasteiger partial charge in [-0.15, -0.1) is 0 Å². The molecule has 0 unspecified atom stereocenters. The van der Waals surface area contributed by atoms with E-state index in [0.29, 0.717) is 0 Å². The van der Waals surface area contributed by atoms with Crippen molar-refractivity contribution in [1.29, 1.82) is 0 Å². The first kappa shape index (κ1) is 12.8. The van der Waals surface area contributed by atoms with Crippen LogP contribution in [0.1, 0.15) is 13.8 Å². The van der Waals surface area contributed by atoms with Gasteiger partial charge < -0.3 is 10.2 Å². The molecule has 0 amide bonds. The quantitative estimate of drug-likeness (QED) is 0.416. The molecule has 0 aliphatic carbocycles. The van der Waals surface area contributed by atoms with Crippen LogP contribution in [0.4, 0.5) is 0 Å². The van der Waals surface area contributed by atoms with Gasteiger partial charge in [-0.25, -0.2) is 0 Å². The van der Waals surface area contributed by atoms with Gasteiger partial charge in [0.25, 0.3) is 10.2 Å². The summed E-state index contributed by atoms with van der Waals surface area (Å²) < 4.78 is 26.6. The summed E-state index contributed by atoms with van der Waals surface area (Å²) in [4.78, 5) is 0. The third kappa shape index (κ3) is 5.94. The molecule has 0 heterocycles. The van der Waals surface area contributed by atoms with Gasteiger partial charge in [0, 0.05) is 6.04 Å². The molecule has 0 fully saturated rings. The lowest BCUT2D eigenvalue weighted by Crippen LogP contribution is -2.47. The van der Waals surface area contributed by atoms with Gasteiger partial charge in [0.2, 0.25) is 0 Å².